The van der Waals surface area contributed by atoms with Gasteiger partial charge in [-0.3, -0.25) is 48.3 Å². The zero-order valence-electron chi connectivity index (χ0n) is 26.5. The predicted octanol–water partition coefficient (Wildman–Crippen LogP) is 0.538. The van der Waals surface area contributed by atoms with Gasteiger partial charge in [-0.2, -0.15) is 0 Å². The van der Waals surface area contributed by atoms with Crippen LogP contribution < -0.4 is 0 Å². The quantitative estimate of drug-likeness (QED) is 0.174. The van der Waals surface area contributed by atoms with Gasteiger partial charge in [0.05, 0.1) is 12.4 Å². The molecule has 0 saturated heterocycles. The highest BCUT2D eigenvalue weighted by atomic mass is 16.6. The van der Waals surface area contributed by atoms with Crippen molar-refractivity contribution in [2.24, 2.45) is 0 Å². The maximum atomic E-state index is 12.1. The monoisotopic (exact) mass is 656 g/mol. The molecule has 0 fully saturated rings. The van der Waals surface area contributed by atoms with Gasteiger partial charge in [-0.05, 0) is 0 Å². The van der Waals surface area contributed by atoms with Crippen molar-refractivity contribution in [1.82, 2.24) is 9.97 Å². The van der Waals surface area contributed by atoms with Gasteiger partial charge in [-0.1, -0.05) is 0 Å². The Morgan fingerprint density at radius 2 is 0.739 bits per heavy atom. The van der Waals surface area contributed by atoms with E-state index in [0.717, 1.165) is 67.8 Å². The summed E-state index contributed by atoms with van der Waals surface area (Å²) >= 11 is 0. The minimum absolute atomic E-state index is 0.188. The van der Waals surface area contributed by atoms with Gasteiger partial charge in [0.2, 0.25) is 0 Å². The van der Waals surface area contributed by atoms with E-state index in [1.165, 1.54) is 0 Å². The van der Waals surface area contributed by atoms with E-state index in [4.69, 9.17) is 37.9 Å². The SMILES string of the molecule is CC(=O)OCC(OC(C)=O)C(OC(C)=O)C(OC(C)=O)c1cnc(C(OC(C)=O)C(OC(C)=O)C(COC(C)=O)OC(C)=O)cn1. The number of hydrogen-bond acceptors (Lipinski definition) is 18. The summed E-state index contributed by atoms with van der Waals surface area (Å²) < 4.78 is 41.7. The van der Waals surface area contributed by atoms with E-state index < -0.39 is 97.6 Å². The number of carbonyl (C=O) groups is 8. The molecule has 1 rings (SSSR count). The van der Waals surface area contributed by atoms with Gasteiger partial charge in [-0.15, -0.1) is 0 Å². The van der Waals surface area contributed by atoms with Crippen LogP contribution >= 0.6 is 0 Å². The van der Waals surface area contributed by atoms with E-state index >= 15 is 0 Å². The molecule has 46 heavy (non-hydrogen) atoms. The Kier molecular flexibility index (Phi) is 15.7. The Hall–Kier alpha value is -5.16. The number of hydrogen-bond donors (Lipinski definition) is 0. The van der Waals surface area contributed by atoms with Crippen LogP contribution in [0.25, 0.3) is 0 Å². The number of carbonyl (C=O) groups excluding carboxylic acids is 8. The van der Waals surface area contributed by atoms with Crippen molar-refractivity contribution in [3.8, 4) is 0 Å². The first kappa shape index (κ1) is 38.9. The zero-order chi connectivity index (χ0) is 35.1. The highest BCUT2D eigenvalue weighted by molar-refractivity contribution is 5.70. The molecule has 0 N–H and O–H groups in total. The van der Waals surface area contributed by atoms with Gasteiger partial charge >= 0.3 is 47.8 Å². The molecule has 1 heterocycles. The van der Waals surface area contributed by atoms with Crippen LogP contribution in [0.4, 0.5) is 0 Å². The molecule has 0 saturated carbocycles. The van der Waals surface area contributed by atoms with Crippen molar-refractivity contribution in [3.63, 3.8) is 0 Å². The summed E-state index contributed by atoms with van der Waals surface area (Å²) in [5, 5.41) is 0. The molecule has 6 unspecified atom stereocenters. The van der Waals surface area contributed by atoms with Crippen molar-refractivity contribution in [2.45, 2.75) is 92.0 Å². The van der Waals surface area contributed by atoms with Crippen LogP contribution in [-0.2, 0) is 76.3 Å². The summed E-state index contributed by atoms with van der Waals surface area (Å²) in [6, 6.07) is 0. The number of aromatic nitrogens is 2. The molecule has 0 radical (unpaired) electrons. The molecule has 0 aliphatic rings. The molecule has 0 aliphatic heterocycles. The highest BCUT2D eigenvalue weighted by Crippen LogP contribution is 2.30. The molecular formula is C28H36N2O16. The maximum Gasteiger partial charge on any atom is 0.303 e. The third kappa shape index (κ3) is 14.1. The van der Waals surface area contributed by atoms with Crippen LogP contribution in [0.3, 0.4) is 0 Å². The second-order valence-electron chi connectivity index (χ2n) is 9.48. The van der Waals surface area contributed by atoms with E-state index in [1.807, 2.05) is 0 Å². The van der Waals surface area contributed by atoms with Crippen LogP contribution in [0, 0.1) is 0 Å². The molecule has 0 spiro atoms. The maximum absolute atomic E-state index is 12.1. The fourth-order valence-electron chi connectivity index (χ4n) is 3.86. The second-order valence-corrected chi connectivity index (χ2v) is 9.48. The van der Waals surface area contributed by atoms with Crippen molar-refractivity contribution < 1.29 is 76.3 Å². The van der Waals surface area contributed by atoms with E-state index in [9.17, 15) is 38.4 Å². The lowest BCUT2D eigenvalue weighted by atomic mass is 10.0. The van der Waals surface area contributed by atoms with Crippen molar-refractivity contribution in [2.75, 3.05) is 13.2 Å². The van der Waals surface area contributed by atoms with Gasteiger partial charge in [0.15, 0.2) is 36.6 Å². The summed E-state index contributed by atoms with van der Waals surface area (Å²) in [4.78, 5) is 103. The number of ether oxygens (including phenoxy) is 8. The van der Waals surface area contributed by atoms with Crippen molar-refractivity contribution in [1.29, 1.82) is 0 Å². The molecule has 0 amide bonds. The largest absolute Gasteiger partial charge is 0.462 e. The first-order chi connectivity index (χ1) is 21.4. The molecule has 254 valence electrons. The average Bonchev–Trinajstić information content (AvgIpc) is 2.92. The standard InChI is InChI=1S/C28H36N2O16/c1-13(31)39-11-23(41-15(3)33)27(45-19(7)37)25(43-17(5)35)21-9-30-22(10-29-21)26(44-18(6)36)28(46-20(8)38)24(42-16(4)34)12-40-14(2)32/h9-10,23-28H,11-12H2,1-8H3. The Bertz CT molecular complexity index is 1180. The first-order valence-electron chi connectivity index (χ1n) is 13.5. The Morgan fingerprint density at radius 1 is 0.457 bits per heavy atom. The summed E-state index contributed by atoms with van der Waals surface area (Å²) in [6.45, 7) is 7.16. The third-order valence-electron chi connectivity index (χ3n) is 5.33. The van der Waals surface area contributed by atoms with E-state index in [0.29, 0.717) is 0 Å². The van der Waals surface area contributed by atoms with Gasteiger partial charge in [0, 0.05) is 55.4 Å². The Labute approximate surface area is 263 Å². The molecular weight excluding hydrogens is 620 g/mol. The Morgan fingerprint density at radius 3 is 0.957 bits per heavy atom. The van der Waals surface area contributed by atoms with Crippen LogP contribution in [0.1, 0.15) is 79.0 Å². The summed E-state index contributed by atoms with van der Waals surface area (Å²) in [5.74, 6) is -6.78. The summed E-state index contributed by atoms with van der Waals surface area (Å²) in [6.07, 6.45) is -7.35. The molecule has 6 atom stereocenters. The fourth-order valence-corrected chi connectivity index (χ4v) is 3.86. The fraction of sp³-hybridized carbons (Fsp3) is 0.571. The molecule has 0 aliphatic carbocycles. The minimum atomic E-state index is -1.61. The van der Waals surface area contributed by atoms with Crippen LogP contribution in [0.2, 0.25) is 0 Å². The number of nitrogens with zero attached hydrogens (tertiary/aromatic N) is 2. The van der Waals surface area contributed by atoms with E-state index in [-0.39, 0.29) is 11.4 Å². The topological polar surface area (TPSA) is 236 Å². The second kappa shape index (κ2) is 18.6. The van der Waals surface area contributed by atoms with Gasteiger partial charge in [0.25, 0.3) is 0 Å². The zero-order valence-corrected chi connectivity index (χ0v) is 26.5. The smallest absolute Gasteiger partial charge is 0.303 e. The molecule has 1 aromatic rings. The number of rotatable bonds is 16. The first-order valence-corrected chi connectivity index (χ1v) is 13.5. The minimum Gasteiger partial charge on any atom is -0.462 e. The summed E-state index contributed by atoms with van der Waals surface area (Å²) in [7, 11) is 0. The van der Waals surface area contributed by atoms with Crippen LogP contribution in [0.5, 0.6) is 0 Å². The van der Waals surface area contributed by atoms with Crippen molar-refractivity contribution >= 4 is 47.8 Å². The van der Waals surface area contributed by atoms with Crippen LogP contribution in [0.15, 0.2) is 12.4 Å². The van der Waals surface area contributed by atoms with Crippen LogP contribution in [-0.4, -0.2) is 95.4 Å². The lowest BCUT2D eigenvalue weighted by Crippen LogP contribution is -2.44. The van der Waals surface area contributed by atoms with Gasteiger partial charge < -0.3 is 37.9 Å². The number of esters is 8. The Balaban J connectivity index is 3.75. The predicted molar refractivity (Wildman–Crippen MR) is 147 cm³/mol. The normalized spacial score (nSPS) is 14.4. The molecule has 0 bridgehead atoms. The van der Waals surface area contributed by atoms with Crippen molar-refractivity contribution in [3.05, 3.63) is 23.8 Å². The molecule has 0 aromatic carbocycles. The van der Waals surface area contributed by atoms with E-state index in [1.54, 1.807) is 0 Å². The highest BCUT2D eigenvalue weighted by Gasteiger charge is 2.42. The van der Waals surface area contributed by atoms with Gasteiger partial charge in [-0.25, -0.2) is 0 Å². The third-order valence-corrected chi connectivity index (χ3v) is 5.33. The average molecular weight is 657 g/mol. The lowest BCUT2D eigenvalue weighted by molar-refractivity contribution is -0.190. The molecule has 18 nitrogen and oxygen atoms in total. The van der Waals surface area contributed by atoms with E-state index in [2.05, 4.69) is 9.97 Å². The van der Waals surface area contributed by atoms with Gasteiger partial charge in [0.1, 0.15) is 24.6 Å². The summed E-state index contributed by atoms with van der Waals surface area (Å²) in [5.41, 5.74) is -0.375. The lowest BCUT2D eigenvalue weighted by Gasteiger charge is -2.32. The molecule has 18 heteroatoms. The molecule has 1 aromatic heterocycles.